The van der Waals surface area contributed by atoms with Crippen LogP contribution in [0, 0.1) is 11.6 Å². The molecule has 9 nitrogen and oxygen atoms in total. The number of cyclic esters (lactones) is 1. The van der Waals surface area contributed by atoms with E-state index >= 15 is 8.78 Å². The first kappa shape index (κ1) is 29.8. The smallest absolute Gasteiger partial charge is 0.414 e. The topological polar surface area (TPSA) is 90.5 Å². The molecular weight excluding hydrogens is 524 g/mol. The highest BCUT2D eigenvalue weighted by molar-refractivity contribution is 5.90. The predicted octanol–water partition coefficient (Wildman–Crippen LogP) is 3.49. The zero-order chi connectivity index (χ0) is 28.5. The SMILES string of the molecule is CN1CCN(c2c(F)cc(N3C[C@H](CCC(=O)C(F)F)OC3=O)cc2F)CCN1Cc1ccccc1.O=C=O. The number of anilines is 2. The molecule has 210 valence electrons. The minimum Gasteiger partial charge on any atom is -0.444 e. The van der Waals surface area contributed by atoms with Gasteiger partial charge in [-0.05, 0) is 12.0 Å². The maximum Gasteiger partial charge on any atom is 0.414 e. The third kappa shape index (κ3) is 7.85. The summed E-state index contributed by atoms with van der Waals surface area (Å²) in [5.41, 5.74) is 0.938. The predicted molar refractivity (Wildman–Crippen MR) is 131 cm³/mol. The lowest BCUT2D eigenvalue weighted by molar-refractivity contribution is -0.191. The van der Waals surface area contributed by atoms with Gasteiger partial charge in [0.1, 0.15) is 11.8 Å². The van der Waals surface area contributed by atoms with Gasteiger partial charge in [0.25, 0.3) is 6.43 Å². The van der Waals surface area contributed by atoms with Crippen molar-refractivity contribution in [3.8, 4) is 0 Å². The van der Waals surface area contributed by atoms with Crippen LogP contribution in [0.1, 0.15) is 18.4 Å². The fourth-order valence-electron chi connectivity index (χ4n) is 4.45. The lowest BCUT2D eigenvalue weighted by Gasteiger charge is -2.29. The molecule has 2 aliphatic heterocycles. The van der Waals surface area contributed by atoms with Crippen molar-refractivity contribution in [2.24, 2.45) is 0 Å². The number of likely N-dealkylation sites (N-methyl/N-ethyl adjacent to an activating group) is 1. The van der Waals surface area contributed by atoms with Gasteiger partial charge in [-0.25, -0.2) is 32.4 Å². The summed E-state index contributed by atoms with van der Waals surface area (Å²) in [5, 5.41) is 4.16. The molecule has 0 radical (unpaired) electrons. The Bertz CT molecular complexity index is 1160. The number of amides is 1. The second-order valence-corrected chi connectivity index (χ2v) is 9.01. The number of alkyl halides is 2. The Morgan fingerprint density at radius 1 is 1.05 bits per heavy atom. The highest BCUT2D eigenvalue weighted by Gasteiger charge is 2.34. The fourth-order valence-corrected chi connectivity index (χ4v) is 4.45. The third-order valence-electron chi connectivity index (χ3n) is 6.47. The number of hydrogen-bond donors (Lipinski definition) is 0. The maximum absolute atomic E-state index is 15.2. The Balaban J connectivity index is 0.00000134. The number of carbonyl (C=O) groups is 2. The first-order valence-electron chi connectivity index (χ1n) is 12.2. The molecule has 0 aromatic heterocycles. The molecule has 4 rings (SSSR count). The summed E-state index contributed by atoms with van der Waals surface area (Å²) < 4.78 is 60.3. The van der Waals surface area contributed by atoms with E-state index < -0.39 is 42.5 Å². The van der Waals surface area contributed by atoms with Gasteiger partial charge in [0.2, 0.25) is 0 Å². The van der Waals surface area contributed by atoms with E-state index in [0.29, 0.717) is 32.7 Å². The number of ketones is 1. The van der Waals surface area contributed by atoms with Gasteiger partial charge in [0, 0.05) is 58.3 Å². The van der Waals surface area contributed by atoms with Crippen LogP contribution in [0.5, 0.6) is 0 Å². The van der Waals surface area contributed by atoms with E-state index in [0.717, 1.165) is 22.6 Å². The summed E-state index contributed by atoms with van der Waals surface area (Å²) in [7, 11) is 1.94. The van der Waals surface area contributed by atoms with Crippen LogP contribution in [-0.4, -0.2) is 80.3 Å². The Hall–Kier alpha value is -3.80. The summed E-state index contributed by atoms with van der Waals surface area (Å²) in [5.74, 6) is -2.86. The lowest BCUT2D eigenvalue weighted by atomic mass is 10.1. The molecule has 0 aliphatic carbocycles. The molecule has 2 aromatic rings. The van der Waals surface area contributed by atoms with Crippen molar-refractivity contribution in [2.45, 2.75) is 31.9 Å². The highest BCUT2D eigenvalue weighted by Crippen LogP contribution is 2.32. The molecule has 0 saturated carbocycles. The van der Waals surface area contributed by atoms with Crippen molar-refractivity contribution < 1.29 is 41.5 Å². The molecule has 1 atom stereocenters. The van der Waals surface area contributed by atoms with Gasteiger partial charge in [0.15, 0.2) is 17.4 Å². The van der Waals surface area contributed by atoms with Crippen molar-refractivity contribution in [3.63, 3.8) is 0 Å². The van der Waals surface area contributed by atoms with Gasteiger partial charge in [0.05, 0.1) is 12.2 Å². The summed E-state index contributed by atoms with van der Waals surface area (Å²) in [6.07, 6.45) is -5.03. The number of nitrogens with zero attached hydrogens (tertiary/aromatic N) is 4. The summed E-state index contributed by atoms with van der Waals surface area (Å²) in [6.45, 7) is 2.51. The zero-order valence-corrected chi connectivity index (χ0v) is 21.2. The number of ether oxygens (including phenoxy) is 1. The van der Waals surface area contributed by atoms with Crippen LogP contribution in [0.25, 0.3) is 0 Å². The Kier molecular flexibility index (Phi) is 10.6. The third-order valence-corrected chi connectivity index (χ3v) is 6.47. The summed E-state index contributed by atoms with van der Waals surface area (Å²) in [6, 6.07) is 12.1. The van der Waals surface area contributed by atoms with Gasteiger partial charge in [-0.15, -0.1) is 0 Å². The van der Waals surface area contributed by atoms with Gasteiger partial charge in [-0.3, -0.25) is 9.69 Å². The Morgan fingerprint density at radius 3 is 2.28 bits per heavy atom. The molecule has 0 bridgehead atoms. The molecule has 2 fully saturated rings. The van der Waals surface area contributed by atoms with Gasteiger partial charge in [-0.1, -0.05) is 30.3 Å². The molecule has 2 aliphatic rings. The highest BCUT2D eigenvalue weighted by atomic mass is 19.3. The standard InChI is InChI=1S/C25H28F4N4O3.CO2/c1-30-9-10-31(11-12-32(30)15-17-5-3-2-4-6-17)23-20(26)13-18(14-21(23)27)33-16-19(36-25(33)35)7-8-22(34)24(28)29;2-1-3/h2-6,13-14,19,24H,7-12,15-16H2,1H3;/t19-;/m0./s1. The molecule has 0 N–H and O–H groups in total. The van der Waals surface area contributed by atoms with E-state index in [1.54, 1.807) is 4.90 Å². The second-order valence-electron chi connectivity index (χ2n) is 9.01. The first-order valence-corrected chi connectivity index (χ1v) is 12.2. The molecular formula is C26H28F4N4O5. The van der Waals surface area contributed by atoms with E-state index in [9.17, 15) is 18.4 Å². The summed E-state index contributed by atoms with van der Waals surface area (Å²) in [4.78, 5) is 42.3. The van der Waals surface area contributed by atoms with E-state index in [2.05, 4.69) is 5.01 Å². The first-order chi connectivity index (χ1) is 18.6. The van der Waals surface area contributed by atoms with E-state index in [1.807, 2.05) is 42.4 Å². The van der Waals surface area contributed by atoms with Crippen LogP contribution in [0.3, 0.4) is 0 Å². The molecule has 39 heavy (non-hydrogen) atoms. The van der Waals surface area contributed by atoms with E-state index in [1.165, 1.54) is 0 Å². The monoisotopic (exact) mass is 552 g/mol. The van der Waals surface area contributed by atoms with Gasteiger partial charge < -0.3 is 9.64 Å². The van der Waals surface area contributed by atoms with Crippen LogP contribution >= 0.6 is 0 Å². The number of hydrogen-bond acceptors (Lipinski definition) is 8. The van der Waals surface area contributed by atoms with Crippen LogP contribution < -0.4 is 9.80 Å². The van der Waals surface area contributed by atoms with Crippen molar-refractivity contribution in [1.82, 2.24) is 10.0 Å². The number of hydrazine groups is 1. The van der Waals surface area contributed by atoms with Crippen LogP contribution in [-0.2, 0) is 25.7 Å². The largest absolute Gasteiger partial charge is 0.444 e. The van der Waals surface area contributed by atoms with Crippen LogP contribution in [0.4, 0.5) is 33.7 Å². The fraction of sp³-hybridized carbons (Fsp3) is 0.423. The average molecular weight is 553 g/mol. The minimum atomic E-state index is -3.09. The van der Waals surface area contributed by atoms with Crippen LogP contribution in [0.2, 0.25) is 0 Å². The van der Waals surface area contributed by atoms with Crippen molar-refractivity contribution in [2.75, 3.05) is 49.6 Å². The summed E-state index contributed by atoms with van der Waals surface area (Å²) >= 11 is 0. The van der Waals surface area contributed by atoms with Crippen molar-refractivity contribution in [1.29, 1.82) is 0 Å². The van der Waals surface area contributed by atoms with Gasteiger partial charge >= 0.3 is 12.2 Å². The molecule has 0 spiro atoms. The number of rotatable bonds is 8. The minimum absolute atomic E-state index is 0.0286. The van der Waals surface area contributed by atoms with Crippen molar-refractivity contribution in [3.05, 3.63) is 59.7 Å². The Morgan fingerprint density at radius 2 is 1.67 bits per heavy atom. The normalized spacial score (nSPS) is 18.3. The number of carbonyl (C=O) groups excluding carboxylic acids is 4. The van der Waals surface area contributed by atoms with Crippen LogP contribution in [0.15, 0.2) is 42.5 Å². The molecule has 13 heteroatoms. The average Bonchev–Trinajstić information content (AvgIpc) is 3.18. The van der Waals surface area contributed by atoms with E-state index in [-0.39, 0.29) is 30.5 Å². The number of benzene rings is 2. The Labute approximate surface area is 222 Å². The zero-order valence-electron chi connectivity index (χ0n) is 21.2. The molecule has 2 aromatic carbocycles. The molecule has 1 amide bonds. The molecule has 0 unspecified atom stereocenters. The lowest BCUT2D eigenvalue weighted by Crippen LogP contribution is -2.40. The maximum atomic E-state index is 15.2. The van der Waals surface area contributed by atoms with Crippen molar-refractivity contribution >= 4 is 29.4 Å². The molecule has 2 saturated heterocycles. The van der Waals surface area contributed by atoms with E-state index in [4.69, 9.17) is 14.3 Å². The number of halogens is 4. The quantitative estimate of drug-likeness (QED) is 0.460. The second kappa shape index (κ2) is 13.8. The number of Topliss-reactive ketones (excluding diaryl/α,β-unsaturated/α-hetero) is 1. The van der Waals surface area contributed by atoms with Gasteiger partial charge in [-0.2, -0.15) is 9.59 Å². The molecule has 2 heterocycles.